The van der Waals surface area contributed by atoms with Gasteiger partial charge in [-0.3, -0.25) is 4.57 Å². The van der Waals surface area contributed by atoms with Crippen LogP contribution in [0, 0.1) is 0 Å². The maximum atomic E-state index is 14.3. The van der Waals surface area contributed by atoms with Crippen LogP contribution in [0.25, 0.3) is 5.69 Å². The van der Waals surface area contributed by atoms with Crippen LogP contribution in [0.4, 0.5) is 13.2 Å². The lowest BCUT2D eigenvalue weighted by Crippen LogP contribution is -2.18. The van der Waals surface area contributed by atoms with Crippen molar-refractivity contribution in [2.45, 2.75) is 70.8 Å². The van der Waals surface area contributed by atoms with Gasteiger partial charge in [0.15, 0.2) is 0 Å². The van der Waals surface area contributed by atoms with Crippen LogP contribution in [0.15, 0.2) is 30.3 Å². The van der Waals surface area contributed by atoms with Crippen LogP contribution in [0.3, 0.4) is 0 Å². The standard InChI is InChI=1S/C27H28ClF3N2O2/c1-5-20-21-13-35-25(17-7-6-8-22(34-4)23(17)15-9-10-15)19-12-16(28)11-18(14(2)3)24(19)33(21)26(32-20)27(29,30)31/h6-8,11-12,14-15,25H,5,9-10,13H2,1-4H3/t25-/m1/s1. The number of fused-ring (bicyclic) bond motifs is 3. The number of benzene rings is 2. The minimum absolute atomic E-state index is 0.00205. The quantitative estimate of drug-likeness (QED) is 0.356. The fourth-order valence-electron chi connectivity index (χ4n) is 5.19. The van der Waals surface area contributed by atoms with E-state index in [1.807, 2.05) is 39.0 Å². The van der Waals surface area contributed by atoms with Crippen molar-refractivity contribution in [3.05, 3.63) is 74.8 Å². The van der Waals surface area contributed by atoms with Crippen LogP contribution < -0.4 is 4.74 Å². The number of imidazole rings is 1. The molecule has 0 bridgehead atoms. The monoisotopic (exact) mass is 504 g/mol. The highest BCUT2D eigenvalue weighted by molar-refractivity contribution is 6.30. The molecule has 8 heteroatoms. The van der Waals surface area contributed by atoms with E-state index in [2.05, 4.69) is 4.98 Å². The Balaban J connectivity index is 1.85. The fraction of sp³-hybridized carbons (Fsp3) is 0.444. The van der Waals surface area contributed by atoms with Crippen molar-refractivity contribution in [1.29, 1.82) is 0 Å². The van der Waals surface area contributed by atoms with Gasteiger partial charge in [0.05, 0.1) is 30.8 Å². The molecule has 1 fully saturated rings. The summed E-state index contributed by atoms with van der Waals surface area (Å²) >= 11 is 6.57. The predicted octanol–water partition coefficient (Wildman–Crippen LogP) is 7.74. The molecule has 2 heterocycles. The zero-order valence-electron chi connectivity index (χ0n) is 20.2. The normalized spacial score (nSPS) is 17.8. The molecule has 0 saturated heterocycles. The molecule has 186 valence electrons. The molecule has 1 aliphatic heterocycles. The molecular formula is C27H28ClF3N2O2. The maximum Gasteiger partial charge on any atom is 0.450 e. The highest BCUT2D eigenvalue weighted by Gasteiger charge is 2.43. The molecule has 0 spiro atoms. The van der Waals surface area contributed by atoms with Crippen molar-refractivity contribution in [2.75, 3.05) is 7.11 Å². The second-order valence-corrected chi connectivity index (χ2v) is 9.97. The van der Waals surface area contributed by atoms with E-state index >= 15 is 0 Å². The molecular weight excluding hydrogens is 477 g/mol. The molecule has 0 unspecified atom stereocenters. The maximum absolute atomic E-state index is 14.3. The number of methoxy groups -OCH3 is 1. The molecule has 0 amide bonds. The number of alkyl halides is 3. The fourth-order valence-corrected chi connectivity index (χ4v) is 5.42. The van der Waals surface area contributed by atoms with E-state index in [4.69, 9.17) is 21.1 Å². The van der Waals surface area contributed by atoms with Crippen molar-refractivity contribution in [1.82, 2.24) is 9.55 Å². The summed E-state index contributed by atoms with van der Waals surface area (Å²) < 4.78 is 56.3. The summed E-state index contributed by atoms with van der Waals surface area (Å²) in [6.07, 6.45) is -2.77. The molecule has 0 radical (unpaired) electrons. The van der Waals surface area contributed by atoms with Crippen molar-refractivity contribution in [3.8, 4) is 11.4 Å². The molecule has 3 aromatic rings. The highest BCUT2D eigenvalue weighted by Crippen LogP contribution is 2.51. The molecule has 1 aliphatic carbocycles. The first-order chi connectivity index (χ1) is 16.7. The molecule has 35 heavy (non-hydrogen) atoms. The van der Waals surface area contributed by atoms with Crippen molar-refractivity contribution in [3.63, 3.8) is 0 Å². The smallest absolute Gasteiger partial charge is 0.450 e. The zero-order valence-corrected chi connectivity index (χ0v) is 20.9. The Kier molecular flexibility index (Phi) is 6.12. The lowest BCUT2D eigenvalue weighted by atomic mass is 9.89. The summed E-state index contributed by atoms with van der Waals surface area (Å²) in [5, 5.41) is 0.463. The van der Waals surface area contributed by atoms with Gasteiger partial charge in [0.1, 0.15) is 11.9 Å². The van der Waals surface area contributed by atoms with Crippen LogP contribution in [-0.4, -0.2) is 16.7 Å². The number of hydrogen-bond acceptors (Lipinski definition) is 3. The Morgan fingerprint density at radius 1 is 1.20 bits per heavy atom. The summed E-state index contributed by atoms with van der Waals surface area (Å²) in [5.41, 5.74) is 4.60. The van der Waals surface area contributed by atoms with Crippen LogP contribution in [0.5, 0.6) is 5.75 Å². The Bertz CT molecular complexity index is 1280. The first kappa shape index (κ1) is 24.2. The molecule has 1 atom stereocenters. The molecule has 5 rings (SSSR count). The summed E-state index contributed by atoms with van der Waals surface area (Å²) in [6.45, 7) is 5.73. The van der Waals surface area contributed by atoms with E-state index < -0.39 is 18.1 Å². The molecule has 4 nitrogen and oxygen atoms in total. The van der Waals surface area contributed by atoms with Gasteiger partial charge in [0.25, 0.3) is 0 Å². The minimum Gasteiger partial charge on any atom is -0.496 e. The van der Waals surface area contributed by atoms with Crippen LogP contribution >= 0.6 is 11.6 Å². The lowest BCUT2D eigenvalue weighted by Gasteiger charge is -2.26. The average molecular weight is 505 g/mol. The van der Waals surface area contributed by atoms with Gasteiger partial charge in [-0.1, -0.05) is 44.5 Å². The number of aromatic nitrogens is 2. The third-order valence-electron chi connectivity index (χ3n) is 6.88. The van der Waals surface area contributed by atoms with E-state index in [1.54, 1.807) is 19.2 Å². The number of ether oxygens (including phenoxy) is 2. The lowest BCUT2D eigenvalue weighted by molar-refractivity contribution is -0.146. The SMILES string of the molecule is CCc1nc(C(F)(F)F)n2c1CO[C@H](c1cccc(OC)c1C1CC1)c1cc(Cl)cc(C(C)C)c1-2. The van der Waals surface area contributed by atoms with Gasteiger partial charge < -0.3 is 9.47 Å². The number of aryl methyl sites for hydroxylation is 1. The molecule has 2 aliphatic rings. The van der Waals surface area contributed by atoms with Crippen LogP contribution in [-0.2, 0) is 23.9 Å². The van der Waals surface area contributed by atoms with Gasteiger partial charge in [0, 0.05) is 16.1 Å². The van der Waals surface area contributed by atoms with Crippen molar-refractivity contribution in [2.24, 2.45) is 0 Å². The largest absolute Gasteiger partial charge is 0.496 e. The van der Waals surface area contributed by atoms with Gasteiger partial charge in [-0.05, 0) is 60.4 Å². The number of rotatable bonds is 5. The number of nitrogens with zero attached hydrogens (tertiary/aromatic N) is 2. The van der Waals surface area contributed by atoms with Crippen LogP contribution in [0.2, 0.25) is 5.02 Å². The Hall–Kier alpha value is -2.51. The predicted molar refractivity (Wildman–Crippen MR) is 129 cm³/mol. The Labute approximate surface area is 208 Å². The summed E-state index contributed by atoms with van der Waals surface area (Å²) in [5.74, 6) is 0.123. The van der Waals surface area contributed by atoms with E-state index in [-0.39, 0.29) is 12.5 Å². The van der Waals surface area contributed by atoms with Gasteiger partial charge in [0.2, 0.25) is 5.82 Å². The van der Waals surface area contributed by atoms with Crippen molar-refractivity contribution >= 4 is 11.6 Å². The Morgan fingerprint density at radius 3 is 2.54 bits per heavy atom. The van der Waals surface area contributed by atoms with Crippen molar-refractivity contribution < 1.29 is 22.6 Å². The second kappa shape index (κ2) is 8.86. The topological polar surface area (TPSA) is 36.3 Å². The van der Waals surface area contributed by atoms with Gasteiger partial charge in [-0.15, -0.1) is 0 Å². The summed E-state index contributed by atoms with van der Waals surface area (Å²) in [4.78, 5) is 4.03. The summed E-state index contributed by atoms with van der Waals surface area (Å²) in [7, 11) is 1.64. The second-order valence-electron chi connectivity index (χ2n) is 9.53. The highest BCUT2D eigenvalue weighted by atomic mass is 35.5. The first-order valence-corrected chi connectivity index (χ1v) is 12.3. The van der Waals surface area contributed by atoms with E-state index in [9.17, 15) is 13.2 Å². The molecule has 1 saturated carbocycles. The first-order valence-electron chi connectivity index (χ1n) is 11.9. The van der Waals surface area contributed by atoms with Crippen LogP contribution in [0.1, 0.15) is 91.0 Å². The van der Waals surface area contributed by atoms with E-state index in [0.717, 1.165) is 35.3 Å². The average Bonchev–Trinajstić information content (AvgIpc) is 3.60. The van der Waals surface area contributed by atoms with Gasteiger partial charge >= 0.3 is 6.18 Å². The van der Waals surface area contributed by atoms with E-state index in [0.29, 0.717) is 40.0 Å². The van der Waals surface area contributed by atoms with Gasteiger partial charge in [-0.2, -0.15) is 13.2 Å². The molecule has 0 N–H and O–H groups in total. The Morgan fingerprint density at radius 2 is 1.94 bits per heavy atom. The summed E-state index contributed by atoms with van der Waals surface area (Å²) in [6, 6.07) is 9.32. The minimum atomic E-state index is -4.62. The number of hydrogen-bond donors (Lipinski definition) is 0. The number of halogens is 4. The van der Waals surface area contributed by atoms with E-state index in [1.165, 1.54) is 4.57 Å². The molecule has 1 aromatic heterocycles. The molecule has 2 aromatic carbocycles. The van der Waals surface area contributed by atoms with Gasteiger partial charge in [-0.25, -0.2) is 4.98 Å². The zero-order chi connectivity index (χ0) is 25.1. The third kappa shape index (κ3) is 4.12. The third-order valence-corrected chi connectivity index (χ3v) is 7.10.